The fourth-order valence-corrected chi connectivity index (χ4v) is 3.68. The Hall–Kier alpha value is -0.890. The Morgan fingerprint density at radius 3 is 2.86 bits per heavy atom. The Morgan fingerprint density at radius 1 is 1.48 bits per heavy atom. The fourth-order valence-electron chi connectivity index (χ4n) is 2.57. The summed E-state index contributed by atoms with van der Waals surface area (Å²) < 4.78 is 34.4. The highest BCUT2D eigenvalue weighted by molar-refractivity contribution is 7.89. The van der Waals surface area contributed by atoms with Gasteiger partial charge < -0.3 is 14.4 Å². The van der Waals surface area contributed by atoms with E-state index in [0.717, 1.165) is 25.9 Å². The maximum atomic E-state index is 12.2. The molecule has 0 bridgehead atoms. The highest BCUT2D eigenvalue weighted by Crippen LogP contribution is 2.17. The highest BCUT2D eigenvalue weighted by Gasteiger charge is 2.19. The number of nitrogens with one attached hydrogen (secondary N) is 1. The van der Waals surface area contributed by atoms with Gasteiger partial charge in [0.15, 0.2) is 0 Å². The molecule has 0 aromatic carbocycles. The second-order valence-electron chi connectivity index (χ2n) is 5.29. The first-order chi connectivity index (χ1) is 10.1. The summed E-state index contributed by atoms with van der Waals surface area (Å²) in [4.78, 5) is 0.206. The van der Waals surface area contributed by atoms with Gasteiger partial charge in [-0.2, -0.15) is 0 Å². The lowest BCUT2D eigenvalue weighted by Gasteiger charge is -2.22. The number of aryl methyl sites for hydroxylation is 1. The molecule has 0 saturated carbocycles. The van der Waals surface area contributed by atoms with Crippen molar-refractivity contribution in [2.75, 3.05) is 13.2 Å². The molecule has 6 nitrogen and oxygen atoms in total. The predicted molar refractivity (Wildman–Crippen MR) is 79.4 cm³/mol. The van der Waals surface area contributed by atoms with E-state index in [2.05, 4.69) is 4.72 Å². The molecule has 120 valence electrons. The van der Waals surface area contributed by atoms with Crippen LogP contribution in [-0.2, 0) is 27.9 Å². The summed E-state index contributed by atoms with van der Waals surface area (Å²) in [7, 11) is -3.52. The van der Waals surface area contributed by atoms with Gasteiger partial charge in [-0.3, -0.25) is 0 Å². The summed E-state index contributed by atoms with van der Waals surface area (Å²) in [5.41, 5.74) is 0.605. The van der Waals surface area contributed by atoms with Crippen molar-refractivity contribution < 1.29 is 18.3 Å². The summed E-state index contributed by atoms with van der Waals surface area (Å²) in [6, 6.07) is 1.52. The maximum absolute atomic E-state index is 12.2. The normalized spacial score (nSPS) is 19.8. The van der Waals surface area contributed by atoms with E-state index in [-0.39, 0.29) is 17.6 Å². The van der Waals surface area contributed by atoms with Crippen LogP contribution in [0.4, 0.5) is 0 Å². The van der Waals surface area contributed by atoms with E-state index < -0.39 is 10.0 Å². The van der Waals surface area contributed by atoms with E-state index in [4.69, 9.17) is 4.74 Å². The third kappa shape index (κ3) is 4.29. The molecule has 2 N–H and O–H groups in total. The topological polar surface area (TPSA) is 80.6 Å². The lowest BCUT2D eigenvalue weighted by molar-refractivity contribution is 0.0123. The van der Waals surface area contributed by atoms with Crippen molar-refractivity contribution >= 4 is 10.0 Å². The van der Waals surface area contributed by atoms with Gasteiger partial charge in [0.1, 0.15) is 0 Å². The number of aliphatic hydroxyl groups excluding tert-OH is 1. The summed E-state index contributed by atoms with van der Waals surface area (Å²) >= 11 is 0. The molecule has 1 aliphatic rings. The van der Waals surface area contributed by atoms with E-state index in [9.17, 15) is 13.5 Å². The Kier molecular flexibility index (Phi) is 5.80. The van der Waals surface area contributed by atoms with Gasteiger partial charge in [-0.05, 0) is 38.7 Å². The highest BCUT2D eigenvalue weighted by atomic mass is 32.2. The van der Waals surface area contributed by atoms with Crippen LogP contribution in [0.2, 0.25) is 0 Å². The second kappa shape index (κ2) is 7.40. The van der Waals surface area contributed by atoms with Gasteiger partial charge in [0, 0.05) is 31.6 Å². The van der Waals surface area contributed by atoms with Crippen molar-refractivity contribution in [3.05, 3.63) is 18.0 Å². The monoisotopic (exact) mass is 316 g/mol. The van der Waals surface area contributed by atoms with Crippen LogP contribution in [0, 0.1) is 0 Å². The van der Waals surface area contributed by atoms with Gasteiger partial charge in [0.2, 0.25) is 10.0 Å². The van der Waals surface area contributed by atoms with Gasteiger partial charge in [-0.15, -0.1) is 0 Å². The van der Waals surface area contributed by atoms with Crippen LogP contribution in [0.1, 0.15) is 38.3 Å². The van der Waals surface area contributed by atoms with Crippen molar-refractivity contribution in [3.8, 4) is 0 Å². The number of nitrogens with zero attached hydrogens (tertiary/aromatic N) is 1. The lowest BCUT2D eigenvalue weighted by Crippen LogP contribution is -2.29. The van der Waals surface area contributed by atoms with Crippen molar-refractivity contribution in [3.63, 3.8) is 0 Å². The molecule has 1 fully saturated rings. The first-order valence-corrected chi connectivity index (χ1v) is 8.96. The molecule has 1 aromatic rings. The van der Waals surface area contributed by atoms with Gasteiger partial charge in [0.25, 0.3) is 0 Å². The smallest absolute Gasteiger partial charge is 0.242 e. The summed E-state index contributed by atoms with van der Waals surface area (Å²) in [6.07, 6.45) is 5.66. The van der Waals surface area contributed by atoms with E-state index in [1.165, 1.54) is 6.07 Å². The summed E-state index contributed by atoms with van der Waals surface area (Å²) in [5.74, 6) is 0. The van der Waals surface area contributed by atoms with Crippen LogP contribution in [0.15, 0.2) is 17.2 Å². The molecule has 2 heterocycles. The van der Waals surface area contributed by atoms with Crippen molar-refractivity contribution in [1.29, 1.82) is 0 Å². The van der Waals surface area contributed by atoms with E-state index in [1.807, 2.05) is 6.92 Å². The van der Waals surface area contributed by atoms with Gasteiger partial charge >= 0.3 is 0 Å². The number of hydrogen-bond acceptors (Lipinski definition) is 4. The quantitative estimate of drug-likeness (QED) is 0.793. The van der Waals surface area contributed by atoms with Gasteiger partial charge in [-0.25, -0.2) is 13.1 Å². The number of sulfonamides is 1. The lowest BCUT2D eigenvalue weighted by atomic mass is 10.1. The van der Waals surface area contributed by atoms with Crippen LogP contribution in [0.5, 0.6) is 0 Å². The van der Waals surface area contributed by atoms with Gasteiger partial charge in [0.05, 0.1) is 17.6 Å². The van der Waals surface area contributed by atoms with E-state index in [0.29, 0.717) is 25.2 Å². The fraction of sp³-hybridized carbons (Fsp3) is 0.714. The molecule has 1 aliphatic heterocycles. The minimum atomic E-state index is -3.52. The van der Waals surface area contributed by atoms with Crippen LogP contribution < -0.4 is 4.72 Å². The van der Waals surface area contributed by atoms with Crippen molar-refractivity contribution in [1.82, 2.24) is 9.29 Å². The molecule has 2 rings (SSSR count). The van der Waals surface area contributed by atoms with Crippen LogP contribution in [0.25, 0.3) is 0 Å². The minimum Gasteiger partial charge on any atom is -0.390 e. The standard InChI is InChI=1S/C14H24N2O4S/c1-2-16-10-14(9-12(16)11-17)21(18,19)15-7-6-13-5-3-4-8-20-13/h9-10,13,15,17H,2-8,11H2,1H3. The minimum absolute atomic E-state index is 0.162. The summed E-state index contributed by atoms with van der Waals surface area (Å²) in [5, 5.41) is 9.22. The third-order valence-electron chi connectivity index (χ3n) is 3.81. The molecule has 1 unspecified atom stereocenters. The summed E-state index contributed by atoms with van der Waals surface area (Å²) in [6.45, 7) is 3.51. The van der Waals surface area contributed by atoms with Crippen LogP contribution >= 0.6 is 0 Å². The molecule has 1 saturated heterocycles. The zero-order valence-corrected chi connectivity index (χ0v) is 13.2. The zero-order valence-electron chi connectivity index (χ0n) is 12.4. The zero-order chi connectivity index (χ0) is 15.3. The molecule has 0 spiro atoms. The molecule has 0 radical (unpaired) electrons. The molecule has 7 heteroatoms. The maximum Gasteiger partial charge on any atom is 0.242 e. The number of aliphatic hydroxyl groups is 1. The Bertz CT molecular complexity index is 526. The molecule has 1 aromatic heterocycles. The second-order valence-corrected chi connectivity index (χ2v) is 7.05. The van der Waals surface area contributed by atoms with Crippen molar-refractivity contribution in [2.45, 2.75) is 56.8 Å². The Labute approximate surface area is 126 Å². The number of aromatic nitrogens is 1. The third-order valence-corrected chi connectivity index (χ3v) is 5.23. The van der Waals surface area contributed by atoms with Crippen LogP contribution in [0.3, 0.4) is 0 Å². The van der Waals surface area contributed by atoms with Gasteiger partial charge in [-0.1, -0.05) is 0 Å². The predicted octanol–water partition coefficient (Wildman–Crippen LogP) is 1.24. The van der Waals surface area contributed by atoms with Crippen molar-refractivity contribution in [2.24, 2.45) is 0 Å². The Morgan fingerprint density at radius 2 is 2.29 bits per heavy atom. The van der Waals surface area contributed by atoms with Crippen LogP contribution in [-0.4, -0.2) is 37.3 Å². The molecule has 1 atom stereocenters. The van der Waals surface area contributed by atoms with E-state index >= 15 is 0 Å². The molecular weight excluding hydrogens is 292 g/mol. The number of rotatable bonds is 7. The average Bonchev–Trinajstić information content (AvgIpc) is 2.92. The Balaban J connectivity index is 1.93. The number of ether oxygens (including phenoxy) is 1. The average molecular weight is 316 g/mol. The molecule has 0 amide bonds. The molecular formula is C14H24N2O4S. The first kappa shape index (κ1) is 16.5. The molecule has 0 aliphatic carbocycles. The SMILES string of the molecule is CCn1cc(S(=O)(=O)NCCC2CCCCO2)cc1CO. The number of hydrogen-bond donors (Lipinski definition) is 2. The first-order valence-electron chi connectivity index (χ1n) is 7.48. The molecule has 21 heavy (non-hydrogen) atoms. The van der Waals surface area contributed by atoms with E-state index in [1.54, 1.807) is 10.8 Å². The largest absolute Gasteiger partial charge is 0.390 e.